The lowest BCUT2D eigenvalue weighted by molar-refractivity contribution is 0.627. The van der Waals surface area contributed by atoms with E-state index >= 15 is 0 Å². The molecule has 0 atom stereocenters. The molecule has 7 heteroatoms. The number of halogens is 3. The van der Waals surface area contributed by atoms with Gasteiger partial charge in [0, 0.05) is 20.5 Å². The van der Waals surface area contributed by atoms with Crippen LogP contribution in [0.25, 0.3) is 0 Å². The van der Waals surface area contributed by atoms with Crippen LogP contribution in [0.2, 0.25) is 39.3 Å². The van der Waals surface area contributed by atoms with Crippen LogP contribution in [0.5, 0.6) is 0 Å². The molecular weight excluding hydrogens is 513 g/mol. The quantitative estimate of drug-likeness (QED) is 0.182. The summed E-state index contributed by atoms with van der Waals surface area (Å²) in [6.07, 6.45) is 5.12. The molecule has 2 rings (SSSR count). The van der Waals surface area contributed by atoms with Crippen molar-refractivity contribution in [1.29, 1.82) is 0 Å². The van der Waals surface area contributed by atoms with Gasteiger partial charge in [0.05, 0.1) is 0 Å². The Hall–Kier alpha value is -1.82. The van der Waals surface area contributed by atoms with E-state index in [1.807, 2.05) is 22.6 Å². The molecule has 0 aliphatic rings. The fourth-order valence-corrected chi connectivity index (χ4v) is 2.38. The van der Waals surface area contributed by atoms with Crippen LogP contribution >= 0.6 is 22.6 Å². The van der Waals surface area contributed by atoms with E-state index in [1.165, 1.54) is 24.3 Å². The largest absolute Gasteiger partial charge is 0.398 e. The van der Waals surface area contributed by atoms with Crippen LogP contribution in [-0.4, -0.2) is 16.1 Å². The molecule has 29 heavy (non-hydrogen) atoms. The highest BCUT2D eigenvalue weighted by molar-refractivity contribution is 14.1. The van der Waals surface area contributed by atoms with Gasteiger partial charge < -0.3 is 11.5 Å². The third-order valence-corrected chi connectivity index (χ3v) is 5.66. The van der Waals surface area contributed by atoms with E-state index in [0.717, 1.165) is 3.57 Å². The molecule has 2 aromatic carbocycles. The molecule has 2 nitrogen and oxygen atoms in total. The molecule has 4 N–H and O–H groups in total. The molecule has 0 aliphatic heterocycles. The number of anilines is 2. The normalized spacial score (nSPS) is 10.2. The highest BCUT2D eigenvalue weighted by atomic mass is 127. The monoisotopic (exact) mass is 542 g/mol. The van der Waals surface area contributed by atoms with Gasteiger partial charge in [0.15, 0.2) is 0 Å². The van der Waals surface area contributed by atoms with E-state index in [-0.39, 0.29) is 11.6 Å². The van der Waals surface area contributed by atoms with Crippen molar-refractivity contribution in [3.8, 4) is 23.4 Å². The fourth-order valence-electron chi connectivity index (χ4n) is 1.39. The Morgan fingerprint density at radius 3 is 1.66 bits per heavy atom. The van der Waals surface area contributed by atoms with Crippen LogP contribution in [0.15, 0.2) is 36.4 Å². The van der Waals surface area contributed by atoms with Gasteiger partial charge in [0.25, 0.3) is 0 Å². The van der Waals surface area contributed by atoms with E-state index in [9.17, 15) is 8.78 Å². The summed E-state index contributed by atoms with van der Waals surface area (Å²) in [7, 11) is -2.52. The van der Waals surface area contributed by atoms with Crippen molar-refractivity contribution < 1.29 is 8.78 Å². The third kappa shape index (κ3) is 13.9. The molecule has 0 unspecified atom stereocenters. The van der Waals surface area contributed by atoms with Gasteiger partial charge in [-0.2, -0.15) is 0 Å². The van der Waals surface area contributed by atoms with Gasteiger partial charge in [-0.3, -0.25) is 0 Å². The number of terminal acetylenes is 1. The number of hydrogen-bond acceptors (Lipinski definition) is 2. The zero-order chi connectivity index (χ0) is 22.8. The second kappa shape index (κ2) is 12.0. The Balaban J connectivity index is 0.000000448. The predicted octanol–water partition coefficient (Wildman–Crippen LogP) is 6.15. The minimum atomic E-state index is -1.42. The summed E-state index contributed by atoms with van der Waals surface area (Å²) in [6, 6.07) is 8.56. The maximum atomic E-state index is 12.9. The van der Waals surface area contributed by atoms with E-state index in [1.54, 1.807) is 12.1 Å². The third-order valence-electron chi connectivity index (χ3n) is 2.98. The molecule has 0 saturated carbocycles. The standard InChI is InChI=1S/C11H14FNSi.C6H5FIN.C5H10Si/c1-14(2,3)7-6-9-8-10(12)4-5-11(9)13;7-4-1-2-6(9)5(8)3-4;1-5-6(2,3)4/h4-5,8H,13H2,1-3H3;1-3H,9H2;1H,2-4H3. The van der Waals surface area contributed by atoms with E-state index < -0.39 is 16.1 Å². The first kappa shape index (κ1) is 27.2. The molecule has 0 spiro atoms. The minimum absolute atomic E-state index is 0.242. The summed E-state index contributed by atoms with van der Waals surface area (Å²) >= 11 is 1.98. The van der Waals surface area contributed by atoms with Gasteiger partial charge in [-0.1, -0.05) is 45.2 Å². The molecule has 2 aromatic rings. The summed E-state index contributed by atoms with van der Waals surface area (Å²) in [5.41, 5.74) is 18.7. The van der Waals surface area contributed by atoms with E-state index in [2.05, 4.69) is 56.3 Å². The average Bonchev–Trinajstić information content (AvgIpc) is 2.59. The van der Waals surface area contributed by atoms with Crippen molar-refractivity contribution in [3.05, 3.63) is 57.2 Å². The van der Waals surface area contributed by atoms with Gasteiger partial charge in [-0.25, -0.2) is 8.78 Å². The molecule has 0 bridgehead atoms. The zero-order valence-corrected chi connectivity index (χ0v) is 22.0. The number of nitrogen functional groups attached to an aromatic ring is 2. The second-order valence-electron chi connectivity index (χ2n) is 8.29. The fraction of sp³-hybridized carbons (Fsp3) is 0.273. The van der Waals surface area contributed by atoms with Gasteiger partial charge in [0.2, 0.25) is 0 Å². The van der Waals surface area contributed by atoms with Gasteiger partial charge >= 0.3 is 0 Å². The lowest BCUT2D eigenvalue weighted by atomic mass is 10.2. The van der Waals surface area contributed by atoms with Crippen molar-refractivity contribution in [2.45, 2.75) is 39.3 Å². The smallest absolute Gasteiger partial charge is 0.129 e. The van der Waals surface area contributed by atoms with Crippen LogP contribution < -0.4 is 11.5 Å². The Morgan fingerprint density at radius 2 is 1.28 bits per heavy atom. The maximum absolute atomic E-state index is 12.9. The molecule has 156 valence electrons. The lowest BCUT2D eigenvalue weighted by Gasteiger charge is -2.04. The van der Waals surface area contributed by atoms with Crippen LogP contribution in [-0.2, 0) is 0 Å². The number of nitrogens with two attached hydrogens (primary N) is 2. The molecule has 0 aromatic heterocycles. The first-order valence-corrected chi connectivity index (χ1v) is 17.0. The van der Waals surface area contributed by atoms with E-state index in [4.69, 9.17) is 17.9 Å². The lowest BCUT2D eigenvalue weighted by Crippen LogP contribution is -2.16. The van der Waals surface area contributed by atoms with Crippen molar-refractivity contribution in [2.24, 2.45) is 0 Å². The van der Waals surface area contributed by atoms with Crippen LogP contribution in [0.4, 0.5) is 20.2 Å². The summed E-state index contributed by atoms with van der Waals surface area (Å²) in [5, 5.41) is 0. The summed E-state index contributed by atoms with van der Waals surface area (Å²) in [4.78, 5) is 0. The predicted molar refractivity (Wildman–Crippen MR) is 137 cm³/mol. The first-order chi connectivity index (χ1) is 13.1. The Kier molecular flexibility index (Phi) is 11.3. The molecule has 0 radical (unpaired) electrons. The van der Waals surface area contributed by atoms with Crippen molar-refractivity contribution in [2.75, 3.05) is 11.5 Å². The Bertz CT molecular complexity index is 916. The topological polar surface area (TPSA) is 52.0 Å². The van der Waals surface area contributed by atoms with Crippen LogP contribution in [0.3, 0.4) is 0 Å². The van der Waals surface area contributed by atoms with Gasteiger partial charge in [-0.05, 0) is 59.0 Å². The summed E-state index contributed by atoms with van der Waals surface area (Å²) < 4.78 is 25.9. The molecular formula is C22H29F2IN2Si2. The first-order valence-electron chi connectivity index (χ1n) is 8.91. The van der Waals surface area contributed by atoms with Gasteiger partial charge in [-0.15, -0.1) is 17.5 Å². The molecule has 0 fully saturated rings. The Morgan fingerprint density at radius 1 is 0.828 bits per heavy atom. The van der Waals surface area contributed by atoms with E-state index in [0.29, 0.717) is 16.9 Å². The summed E-state index contributed by atoms with van der Waals surface area (Å²) in [5.74, 6) is 2.41. The SMILES string of the molecule is C#C[Si](C)(C)C.C[Si](C)(C)C#Cc1cc(F)ccc1N.Nc1ccc(F)cc1I. The average molecular weight is 543 g/mol. The maximum Gasteiger partial charge on any atom is 0.129 e. The second-order valence-corrected chi connectivity index (χ2v) is 19.0. The van der Waals surface area contributed by atoms with Crippen molar-refractivity contribution in [1.82, 2.24) is 0 Å². The molecule has 0 saturated heterocycles. The van der Waals surface area contributed by atoms with Crippen LogP contribution in [0.1, 0.15) is 5.56 Å². The number of rotatable bonds is 0. The molecule has 0 heterocycles. The van der Waals surface area contributed by atoms with Crippen molar-refractivity contribution >= 4 is 50.1 Å². The molecule has 0 aliphatic carbocycles. The number of benzene rings is 2. The highest BCUT2D eigenvalue weighted by Crippen LogP contribution is 2.14. The Labute approximate surface area is 189 Å². The highest BCUT2D eigenvalue weighted by Gasteiger charge is 2.08. The number of hydrogen-bond donors (Lipinski definition) is 2. The summed E-state index contributed by atoms with van der Waals surface area (Å²) in [6.45, 7) is 12.8. The zero-order valence-electron chi connectivity index (χ0n) is 17.8. The van der Waals surface area contributed by atoms with Gasteiger partial charge in [0.1, 0.15) is 27.8 Å². The molecule has 0 amide bonds. The van der Waals surface area contributed by atoms with Crippen molar-refractivity contribution in [3.63, 3.8) is 0 Å². The minimum Gasteiger partial charge on any atom is -0.398 e. The van der Waals surface area contributed by atoms with Crippen LogP contribution in [0, 0.1) is 38.6 Å².